The van der Waals surface area contributed by atoms with Crippen LogP contribution in [0.1, 0.15) is 15.9 Å². The standard InChI is InChI=1S/C17H16Cl2N2O4/c1-20(2)9-16(22)12-4-6-17(15(8-12)21(23)24)25-10-11-3-5-13(18)14(19)7-11/h3-8H,9-10H2,1-2H3. The first kappa shape index (κ1) is 19.2. The summed E-state index contributed by atoms with van der Waals surface area (Å²) < 4.78 is 5.53. The summed E-state index contributed by atoms with van der Waals surface area (Å²) in [6, 6.07) is 9.15. The van der Waals surface area contributed by atoms with Gasteiger partial charge in [-0.15, -0.1) is 0 Å². The van der Waals surface area contributed by atoms with Gasteiger partial charge in [0.1, 0.15) is 6.61 Å². The lowest BCUT2D eigenvalue weighted by Gasteiger charge is -2.10. The third-order valence-electron chi connectivity index (χ3n) is 3.32. The van der Waals surface area contributed by atoms with Crippen LogP contribution in [0.5, 0.6) is 5.75 Å². The van der Waals surface area contributed by atoms with E-state index >= 15 is 0 Å². The number of nitro groups is 1. The second kappa shape index (κ2) is 8.29. The van der Waals surface area contributed by atoms with Gasteiger partial charge in [0.05, 0.1) is 21.5 Å². The number of nitrogens with zero attached hydrogens (tertiary/aromatic N) is 2. The maximum Gasteiger partial charge on any atom is 0.311 e. The quantitative estimate of drug-likeness (QED) is 0.407. The Morgan fingerprint density at radius 2 is 1.88 bits per heavy atom. The molecule has 0 radical (unpaired) electrons. The van der Waals surface area contributed by atoms with Crippen LogP contribution in [-0.4, -0.2) is 36.2 Å². The molecule has 0 aliphatic heterocycles. The average Bonchev–Trinajstić information content (AvgIpc) is 2.55. The summed E-state index contributed by atoms with van der Waals surface area (Å²) in [6.07, 6.45) is 0. The molecule has 0 amide bonds. The fourth-order valence-electron chi connectivity index (χ4n) is 2.12. The van der Waals surface area contributed by atoms with E-state index in [1.54, 1.807) is 37.2 Å². The van der Waals surface area contributed by atoms with Crippen molar-refractivity contribution in [1.29, 1.82) is 0 Å². The lowest BCUT2D eigenvalue weighted by molar-refractivity contribution is -0.386. The molecule has 0 spiro atoms. The first-order valence-corrected chi connectivity index (χ1v) is 8.06. The highest BCUT2D eigenvalue weighted by Gasteiger charge is 2.19. The zero-order valence-corrected chi connectivity index (χ0v) is 15.2. The number of carbonyl (C=O) groups is 1. The molecule has 0 N–H and O–H groups in total. The highest BCUT2D eigenvalue weighted by atomic mass is 35.5. The molecule has 0 unspecified atom stereocenters. The molecule has 0 aromatic heterocycles. The molecule has 0 fully saturated rings. The fourth-order valence-corrected chi connectivity index (χ4v) is 2.45. The Hall–Kier alpha value is -2.15. The topological polar surface area (TPSA) is 72.7 Å². The molecule has 0 saturated carbocycles. The van der Waals surface area contributed by atoms with Crippen LogP contribution in [0.25, 0.3) is 0 Å². The highest BCUT2D eigenvalue weighted by Crippen LogP contribution is 2.30. The van der Waals surface area contributed by atoms with E-state index in [1.807, 2.05) is 0 Å². The number of likely N-dealkylation sites (N-methyl/N-ethyl adjacent to an activating group) is 1. The lowest BCUT2D eigenvalue weighted by Crippen LogP contribution is -2.21. The van der Waals surface area contributed by atoms with Crippen molar-refractivity contribution in [3.63, 3.8) is 0 Å². The first-order chi connectivity index (χ1) is 11.8. The number of ether oxygens (including phenoxy) is 1. The van der Waals surface area contributed by atoms with Crippen molar-refractivity contribution in [1.82, 2.24) is 4.90 Å². The molecule has 0 aliphatic carbocycles. The molecule has 6 nitrogen and oxygen atoms in total. The van der Waals surface area contributed by atoms with Crippen LogP contribution in [0.2, 0.25) is 10.0 Å². The third-order valence-corrected chi connectivity index (χ3v) is 4.05. The monoisotopic (exact) mass is 382 g/mol. The van der Waals surface area contributed by atoms with Gasteiger partial charge in [-0.2, -0.15) is 0 Å². The van der Waals surface area contributed by atoms with Gasteiger partial charge in [0.15, 0.2) is 11.5 Å². The van der Waals surface area contributed by atoms with Gasteiger partial charge in [0.2, 0.25) is 0 Å². The Morgan fingerprint density at radius 1 is 1.16 bits per heavy atom. The predicted molar refractivity (Wildman–Crippen MR) is 96.8 cm³/mol. The van der Waals surface area contributed by atoms with Crippen molar-refractivity contribution < 1.29 is 14.5 Å². The minimum absolute atomic E-state index is 0.0810. The summed E-state index contributed by atoms with van der Waals surface area (Å²) in [7, 11) is 3.50. The Labute approximate surface area is 155 Å². The second-order valence-electron chi connectivity index (χ2n) is 5.64. The SMILES string of the molecule is CN(C)CC(=O)c1ccc(OCc2ccc(Cl)c(Cl)c2)c([N+](=O)[O-])c1. The molecule has 2 aromatic carbocycles. The maximum atomic E-state index is 12.1. The van der Waals surface area contributed by atoms with Crippen molar-refractivity contribution in [2.75, 3.05) is 20.6 Å². The van der Waals surface area contributed by atoms with E-state index in [2.05, 4.69) is 0 Å². The minimum Gasteiger partial charge on any atom is -0.482 e. The summed E-state index contributed by atoms with van der Waals surface area (Å²) in [5.74, 6) is -0.124. The van der Waals surface area contributed by atoms with Crippen molar-refractivity contribution >= 4 is 34.7 Å². The third kappa shape index (κ3) is 5.16. The molecule has 8 heteroatoms. The van der Waals surface area contributed by atoms with Gasteiger partial charge in [0.25, 0.3) is 0 Å². The van der Waals surface area contributed by atoms with Crippen LogP contribution < -0.4 is 4.74 Å². The van der Waals surface area contributed by atoms with Gasteiger partial charge in [-0.3, -0.25) is 14.9 Å². The highest BCUT2D eigenvalue weighted by molar-refractivity contribution is 6.42. The second-order valence-corrected chi connectivity index (χ2v) is 6.45. The number of hydrogen-bond acceptors (Lipinski definition) is 5. The molecule has 0 aliphatic rings. The summed E-state index contributed by atoms with van der Waals surface area (Å²) in [6.45, 7) is 0.253. The predicted octanol–water partition coefficient (Wildman–Crippen LogP) is 4.22. The van der Waals surface area contributed by atoms with Crippen molar-refractivity contribution in [2.24, 2.45) is 0 Å². The average molecular weight is 383 g/mol. The fraction of sp³-hybridized carbons (Fsp3) is 0.235. The summed E-state index contributed by atoms with van der Waals surface area (Å²) in [4.78, 5) is 24.5. The lowest BCUT2D eigenvalue weighted by atomic mass is 10.1. The van der Waals surface area contributed by atoms with Gasteiger partial charge < -0.3 is 9.64 Å². The molecule has 0 atom stereocenters. The van der Waals surface area contributed by atoms with Gasteiger partial charge >= 0.3 is 5.69 Å². The molecule has 25 heavy (non-hydrogen) atoms. The van der Waals surface area contributed by atoms with Crippen LogP contribution >= 0.6 is 23.2 Å². The zero-order valence-electron chi connectivity index (χ0n) is 13.7. The molecule has 0 bridgehead atoms. The van der Waals surface area contributed by atoms with E-state index < -0.39 is 4.92 Å². The van der Waals surface area contributed by atoms with Gasteiger partial charge in [-0.1, -0.05) is 29.3 Å². The number of Topliss-reactive ketones (excluding diaryl/α,β-unsaturated/α-hetero) is 1. The first-order valence-electron chi connectivity index (χ1n) is 7.31. The molecule has 2 aromatic rings. The van der Waals surface area contributed by atoms with Crippen molar-refractivity contribution in [3.05, 3.63) is 67.7 Å². The van der Waals surface area contributed by atoms with E-state index in [-0.39, 0.29) is 35.9 Å². The minimum atomic E-state index is -0.573. The molecule has 0 saturated heterocycles. The van der Waals surface area contributed by atoms with E-state index in [0.29, 0.717) is 10.0 Å². The van der Waals surface area contributed by atoms with E-state index in [1.165, 1.54) is 18.2 Å². The molecule has 132 valence electrons. The van der Waals surface area contributed by atoms with Gasteiger partial charge in [-0.25, -0.2) is 0 Å². The molecular formula is C17H16Cl2N2O4. The summed E-state index contributed by atoms with van der Waals surface area (Å²) >= 11 is 11.8. The molecular weight excluding hydrogens is 367 g/mol. The van der Waals surface area contributed by atoms with Crippen LogP contribution in [0, 0.1) is 10.1 Å². The zero-order chi connectivity index (χ0) is 18.6. The van der Waals surface area contributed by atoms with E-state index in [9.17, 15) is 14.9 Å². The van der Waals surface area contributed by atoms with E-state index in [4.69, 9.17) is 27.9 Å². The molecule has 2 rings (SSSR count). The Balaban J connectivity index is 2.20. The maximum absolute atomic E-state index is 12.1. The number of halogens is 2. The summed E-state index contributed by atoms with van der Waals surface area (Å²) in [5.41, 5.74) is 0.725. The number of carbonyl (C=O) groups excluding carboxylic acids is 1. The largest absolute Gasteiger partial charge is 0.482 e. The molecule has 0 heterocycles. The van der Waals surface area contributed by atoms with Crippen molar-refractivity contribution in [3.8, 4) is 5.75 Å². The Morgan fingerprint density at radius 3 is 2.48 bits per heavy atom. The van der Waals surface area contributed by atoms with Gasteiger partial charge in [-0.05, 0) is 43.9 Å². The number of ketones is 1. The van der Waals surface area contributed by atoms with Crippen molar-refractivity contribution in [2.45, 2.75) is 6.61 Å². The number of rotatable bonds is 7. The van der Waals surface area contributed by atoms with Gasteiger partial charge in [0, 0.05) is 11.6 Å². The Bertz CT molecular complexity index is 809. The smallest absolute Gasteiger partial charge is 0.311 e. The number of benzene rings is 2. The summed E-state index contributed by atoms with van der Waals surface area (Å²) in [5, 5.41) is 12.1. The van der Waals surface area contributed by atoms with E-state index in [0.717, 1.165) is 5.56 Å². The number of hydrogen-bond donors (Lipinski definition) is 0. The van der Waals surface area contributed by atoms with Crippen LogP contribution in [-0.2, 0) is 6.61 Å². The van der Waals surface area contributed by atoms with Crippen LogP contribution in [0.15, 0.2) is 36.4 Å². The van der Waals surface area contributed by atoms with Crippen LogP contribution in [0.3, 0.4) is 0 Å². The Kier molecular flexibility index (Phi) is 6.36. The number of nitro benzene ring substituents is 1. The normalized spacial score (nSPS) is 10.8. The van der Waals surface area contributed by atoms with Crippen LogP contribution in [0.4, 0.5) is 5.69 Å².